The van der Waals surface area contributed by atoms with Crippen molar-refractivity contribution in [2.75, 3.05) is 6.61 Å². The molecule has 92 valence electrons. The van der Waals surface area contributed by atoms with Gasteiger partial charge in [0.05, 0.1) is 11.5 Å². The van der Waals surface area contributed by atoms with Crippen molar-refractivity contribution in [2.24, 2.45) is 5.92 Å². The molecular weight excluding hydrogens is 229 g/mol. The van der Waals surface area contributed by atoms with Gasteiger partial charge in [-0.1, -0.05) is 13.8 Å². The largest absolute Gasteiger partial charge is 0.462 e. The van der Waals surface area contributed by atoms with Crippen molar-refractivity contribution in [1.29, 1.82) is 0 Å². The van der Waals surface area contributed by atoms with E-state index in [1.807, 2.05) is 13.8 Å². The fourth-order valence-corrected chi connectivity index (χ4v) is 1.10. The smallest absolute Gasteiger partial charge is 0.341 e. The van der Waals surface area contributed by atoms with Crippen LogP contribution >= 0.6 is 0 Å². The van der Waals surface area contributed by atoms with Crippen LogP contribution in [0.5, 0.6) is 0 Å². The average molecular weight is 241 g/mol. The third-order valence-corrected chi connectivity index (χ3v) is 1.93. The first-order valence-corrected chi connectivity index (χ1v) is 5.03. The number of halogens is 1. The van der Waals surface area contributed by atoms with Crippen LogP contribution in [0, 0.1) is 21.8 Å². The number of hydrogen-bond acceptors (Lipinski definition) is 4. The molecule has 1 aromatic rings. The maximum absolute atomic E-state index is 13.3. The Morgan fingerprint density at radius 3 is 2.71 bits per heavy atom. The number of nitrogens with zero attached hydrogens (tertiary/aromatic N) is 1. The van der Waals surface area contributed by atoms with Crippen molar-refractivity contribution in [2.45, 2.75) is 13.8 Å². The first kappa shape index (κ1) is 13.1. The summed E-state index contributed by atoms with van der Waals surface area (Å²) in [5, 5.41) is 10.5. The van der Waals surface area contributed by atoms with E-state index in [0.29, 0.717) is 0 Å². The second-order valence-electron chi connectivity index (χ2n) is 3.91. The summed E-state index contributed by atoms with van der Waals surface area (Å²) in [6.45, 7) is 3.80. The number of ether oxygens (including phenoxy) is 1. The fourth-order valence-electron chi connectivity index (χ4n) is 1.10. The molecule has 17 heavy (non-hydrogen) atoms. The lowest BCUT2D eigenvalue weighted by molar-refractivity contribution is -0.384. The number of non-ortho nitro benzene ring substituents is 1. The van der Waals surface area contributed by atoms with Crippen LogP contribution in [0.4, 0.5) is 10.1 Å². The predicted molar refractivity (Wildman–Crippen MR) is 58.2 cm³/mol. The summed E-state index contributed by atoms with van der Waals surface area (Å²) in [7, 11) is 0. The molecule has 0 unspecified atom stereocenters. The fraction of sp³-hybridized carbons (Fsp3) is 0.364. The van der Waals surface area contributed by atoms with Crippen molar-refractivity contribution in [3.8, 4) is 0 Å². The van der Waals surface area contributed by atoms with E-state index in [-0.39, 0.29) is 18.2 Å². The van der Waals surface area contributed by atoms with Crippen molar-refractivity contribution < 1.29 is 18.8 Å². The van der Waals surface area contributed by atoms with E-state index in [4.69, 9.17) is 4.74 Å². The number of nitro groups is 1. The Kier molecular flexibility index (Phi) is 4.14. The van der Waals surface area contributed by atoms with Gasteiger partial charge in [0.15, 0.2) is 0 Å². The molecule has 0 atom stereocenters. The normalized spacial score (nSPS) is 10.4. The van der Waals surface area contributed by atoms with Crippen molar-refractivity contribution in [3.63, 3.8) is 0 Å². The van der Waals surface area contributed by atoms with E-state index >= 15 is 0 Å². The summed E-state index contributed by atoms with van der Waals surface area (Å²) in [5.41, 5.74) is -0.761. The molecule has 0 N–H and O–H groups in total. The summed E-state index contributed by atoms with van der Waals surface area (Å²) in [4.78, 5) is 21.2. The van der Waals surface area contributed by atoms with Gasteiger partial charge in [0.1, 0.15) is 11.4 Å². The van der Waals surface area contributed by atoms with Crippen LogP contribution in [0.2, 0.25) is 0 Å². The molecule has 0 radical (unpaired) electrons. The Morgan fingerprint density at radius 2 is 2.18 bits per heavy atom. The number of hydrogen-bond donors (Lipinski definition) is 0. The molecule has 0 aromatic heterocycles. The van der Waals surface area contributed by atoms with Crippen molar-refractivity contribution >= 4 is 11.7 Å². The Hall–Kier alpha value is -1.98. The minimum atomic E-state index is -0.889. The number of esters is 1. The molecule has 0 fully saturated rings. The van der Waals surface area contributed by atoms with Crippen molar-refractivity contribution in [3.05, 3.63) is 39.7 Å². The monoisotopic (exact) mass is 241 g/mol. The van der Waals surface area contributed by atoms with Gasteiger partial charge in [0.25, 0.3) is 5.69 Å². The molecule has 1 aromatic carbocycles. The van der Waals surface area contributed by atoms with Crippen LogP contribution < -0.4 is 0 Å². The van der Waals surface area contributed by atoms with Gasteiger partial charge in [-0.2, -0.15) is 0 Å². The van der Waals surface area contributed by atoms with Gasteiger partial charge in [0, 0.05) is 12.1 Å². The molecule has 0 aliphatic rings. The van der Waals surface area contributed by atoms with Crippen LogP contribution in [-0.4, -0.2) is 17.5 Å². The molecule has 5 nitrogen and oxygen atoms in total. The van der Waals surface area contributed by atoms with E-state index in [1.165, 1.54) is 0 Å². The van der Waals surface area contributed by atoms with E-state index in [0.717, 1.165) is 18.2 Å². The Morgan fingerprint density at radius 1 is 1.53 bits per heavy atom. The summed E-state index contributed by atoms with van der Waals surface area (Å²) in [6.07, 6.45) is 0. The van der Waals surface area contributed by atoms with Gasteiger partial charge >= 0.3 is 5.97 Å². The van der Waals surface area contributed by atoms with Gasteiger partial charge in [-0.15, -0.1) is 0 Å². The third kappa shape index (κ3) is 3.51. The molecule has 1 rings (SSSR count). The highest BCUT2D eigenvalue weighted by molar-refractivity contribution is 5.90. The second kappa shape index (κ2) is 5.38. The van der Waals surface area contributed by atoms with Crippen LogP contribution in [0.3, 0.4) is 0 Å². The van der Waals surface area contributed by atoms with Crippen LogP contribution in [-0.2, 0) is 4.74 Å². The summed E-state index contributed by atoms with van der Waals surface area (Å²) in [6, 6.07) is 2.75. The Bertz CT molecular complexity index is 445. The molecule has 0 heterocycles. The highest BCUT2D eigenvalue weighted by Gasteiger charge is 2.18. The molecule has 0 spiro atoms. The zero-order valence-electron chi connectivity index (χ0n) is 9.47. The van der Waals surface area contributed by atoms with Crippen LogP contribution in [0.25, 0.3) is 0 Å². The van der Waals surface area contributed by atoms with Crippen LogP contribution in [0.1, 0.15) is 24.2 Å². The molecular formula is C11H12FNO4. The zero-order chi connectivity index (χ0) is 13.0. The maximum atomic E-state index is 13.3. The first-order chi connectivity index (χ1) is 7.91. The van der Waals surface area contributed by atoms with Crippen molar-refractivity contribution in [1.82, 2.24) is 0 Å². The lowest BCUT2D eigenvalue weighted by atomic mass is 10.2. The average Bonchev–Trinajstić information content (AvgIpc) is 2.26. The molecule has 0 aliphatic heterocycles. The Balaban J connectivity index is 2.92. The molecule has 0 amide bonds. The van der Waals surface area contributed by atoms with Gasteiger partial charge in [0.2, 0.25) is 0 Å². The number of carbonyl (C=O) groups excluding carboxylic acids is 1. The summed E-state index contributed by atoms with van der Waals surface area (Å²) < 4.78 is 18.1. The Labute approximate surface area is 97.3 Å². The van der Waals surface area contributed by atoms with Crippen LogP contribution in [0.15, 0.2) is 18.2 Å². The molecule has 0 saturated carbocycles. The number of benzene rings is 1. The standard InChI is InChI=1S/C11H12FNO4/c1-7(2)6-17-11(14)9-5-8(13(15)16)3-4-10(9)12/h3-5,7H,6H2,1-2H3. The topological polar surface area (TPSA) is 69.4 Å². The van der Waals surface area contributed by atoms with E-state index in [1.54, 1.807) is 0 Å². The number of carbonyl (C=O) groups is 1. The number of rotatable bonds is 4. The van der Waals surface area contributed by atoms with Gasteiger partial charge in [-0.25, -0.2) is 9.18 Å². The minimum absolute atomic E-state index is 0.112. The predicted octanol–water partition coefficient (Wildman–Crippen LogP) is 2.55. The second-order valence-corrected chi connectivity index (χ2v) is 3.91. The SMILES string of the molecule is CC(C)COC(=O)c1cc([N+](=O)[O-])ccc1F. The van der Waals surface area contributed by atoms with E-state index in [9.17, 15) is 19.3 Å². The summed E-state index contributed by atoms with van der Waals surface area (Å²) in [5.74, 6) is -1.61. The lowest BCUT2D eigenvalue weighted by Gasteiger charge is -2.07. The first-order valence-electron chi connectivity index (χ1n) is 5.03. The molecule has 0 aliphatic carbocycles. The molecule has 0 saturated heterocycles. The molecule has 6 heteroatoms. The van der Waals surface area contributed by atoms with E-state index in [2.05, 4.69) is 0 Å². The van der Waals surface area contributed by atoms with Gasteiger partial charge in [-0.05, 0) is 12.0 Å². The highest BCUT2D eigenvalue weighted by Crippen LogP contribution is 2.17. The zero-order valence-corrected chi connectivity index (χ0v) is 9.47. The molecule has 0 bridgehead atoms. The van der Waals surface area contributed by atoms with E-state index < -0.39 is 22.3 Å². The minimum Gasteiger partial charge on any atom is -0.462 e. The lowest BCUT2D eigenvalue weighted by Crippen LogP contribution is -2.12. The number of nitro benzene ring substituents is 1. The maximum Gasteiger partial charge on any atom is 0.341 e. The third-order valence-electron chi connectivity index (χ3n) is 1.93. The van der Waals surface area contributed by atoms with Gasteiger partial charge in [-0.3, -0.25) is 10.1 Å². The highest BCUT2D eigenvalue weighted by atomic mass is 19.1. The quantitative estimate of drug-likeness (QED) is 0.461. The summed E-state index contributed by atoms with van der Waals surface area (Å²) >= 11 is 0. The van der Waals surface area contributed by atoms with Gasteiger partial charge < -0.3 is 4.74 Å².